The second-order valence-corrected chi connectivity index (χ2v) is 6.68. The fourth-order valence-corrected chi connectivity index (χ4v) is 2.88. The number of benzene rings is 2. The van der Waals surface area contributed by atoms with Gasteiger partial charge in [0.25, 0.3) is 0 Å². The summed E-state index contributed by atoms with van der Waals surface area (Å²) in [4.78, 5) is 13.9. The minimum absolute atomic E-state index is 0.0808. The van der Waals surface area contributed by atoms with Crippen LogP contribution in [0, 0.1) is 0 Å². The van der Waals surface area contributed by atoms with E-state index in [2.05, 4.69) is 4.74 Å². The highest BCUT2D eigenvalue weighted by molar-refractivity contribution is 6.30. The average Bonchev–Trinajstić information content (AvgIpc) is 2.66. The van der Waals surface area contributed by atoms with Gasteiger partial charge in [-0.05, 0) is 47.5 Å². The van der Waals surface area contributed by atoms with Crippen LogP contribution in [0.3, 0.4) is 0 Å². The van der Waals surface area contributed by atoms with E-state index in [0.717, 1.165) is 22.4 Å². The average molecular weight is 406 g/mol. The van der Waals surface area contributed by atoms with E-state index in [1.807, 2.05) is 12.1 Å². The summed E-state index contributed by atoms with van der Waals surface area (Å²) < 4.78 is 34.3. The number of amides is 1. The highest BCUT2D eigenvalue weighted by Crippen LogP contribution is 2.29. The zero-order valence-electron chi connectivity index (χ0n) is 15.1. The molecule has 0 aromatic heterocycles. The first-order valence-electron chi connectivity index (χ1n) is 8.50. The van der Waals surface area contributed by atoms with Gasteiger partial charge in [-0.1, -0.05) is 29.8 Å². The lowest BCUT2D eigenvalue weighted by molar-refractivity contribution is -0.125. The molecule has 1 heterocycles. The van der Waals surface area contributed by atoms with Gasteiger partial charge < -0.3 is 14.4 Å². The molecule has 0 radical (unpaired) electrons. The van der Waals surface area contributed by atoms with Crippen LogP contribution in [0.25, 0.3) is 6.08 Å². The standard InChI is InChI=1S/C21H18ClF2NO3/c1-25(12-14-2-6-18(7-3-14)28-21(23)24)20(26)9-4-15-10-16-11-17(22)5-8-19(16)27-13-15/h2-11,21H,12-13H2,1H3/b9-4+. The molecule has 28 heavy (non-hydrogen) atoms. The minimum Gasteiger partial charge on any atom is -0.488 e. The van der Waals surface area contributed by atoms with Crippen LogP contribution >= 0.6 is 11.6 Å². The highest BCUT2D eigenvalue weighted by atomic mass is 35.5. The Labute approximate surface area is 166 Å². The Balaban J connectivity index is 1.59. The van der Waals surface area contributed by atoms with Gasteiger partial charge in [0.15, 0.2) is 0 Å². The molecule has 0 N–H and O–H groups in total. The smallest absolute Gasteiger partial charge is 0.387 e. The van der Waals surface area contributed by atoms with Crippen LogP contribution < -0.4 is 9.47 Å². The molecule has 4 nitrogen and oxygen atoms in total. The van der Waals surface area contributed by atoms with Gasteiger partial charge in [-0.15, -0.1) is 0 Å². The first-order chi connectivity index (χ1) is 13.4. The summed E-state index contributed by atoms with van der Waals surface area (Å²) in [7, 11) is 1.66. The van der Waals surface area contributed by atoms with Crippen molar-refractivity contribution in [1.29, 1.82) is 0 Å². The first kappa shape index (κ1) is 19.9. The van der Waals surface area contributed by atoms with Crippen molar-refractivity contribution in [3.8, 4) is 11.5 Å². The topological polar surface area (TPSA) is 38.8 Å². The highest BCUT2D eigenvalue weighted by Gasteiger charge is 2.12. The summed E-state index contributed by atoms with van der Waals surface area (Å²) in [6.07, 6.45) is 5.11. The van der Waals surface area contributed by atoms with E-state index in [4.69, 9.17) is 16.3 Å². The third-order valence-electron chi connectivity index (χ3n) is 4.09. The molecule has 0 bridgehead atoms. The number of halogens is 3. The zero-order valence-corrected chi connectivity index (χ0v) is 15.8. The van der Waals surface area contributed by atoms with E-state index in [1.54, 1.807) is 37.4 Å². The molecule has 0 spiro atoms. The fourth-order valence-electron chi connectivity index (χ4n) is 2.70. The molecule has 1 amide bonds. The molecule has 146 valence electrons. The van der Waals surface area contributed by atoms with Crippen LogP contribution in [0.4, 0.5) is 8.78 Å². The van der Waals surface area contributed by atoms with Crippen molar-refractivity contribution in [2.24, 2.45) is 0 Å². The van der Waals surface area contributed by atoms with Gasteiger partial charge in [0.1, 0.15) is 18.1 Å². The van der Waals surface area contributed by atoms with Crippen LogP contribution in [0.5, 0.6) is 11.5 Å². The molecule has 0 saturated carbocycles. The number of rotatable bonds is 6. The Bertz CT molecular complexity index is 910. The second-order valence-electron chi connectivity index (χ2n) is 6.24. The number of carbonyl (C=O) groups is 1. The predicted molar refractivity (Wildman–Crippen MR) is 104 cm³/mol. The molecular formula is C21H18ClF2NO3. The number of alkyl halides is 2. The minimum atomic E-state index is -2.86. The van der Waals surface area contributed by atoms with Gasteiger partial charge in [0.2, 0.25) is 5.91 Å². The van der Waals surface area contributed by atoms with Crippen molar-refractivity contribution < 1.29 is 23.0 Å². The third-order valence-corrected chi connectivity index (χ3v) is 4.33. The van der Waals surface area contributed by atoms with Gasteiger partial charge in [0, 0.05) is 30.3 Å². The predicted octanol–water partition coefficient (Wildman–Crippen LogP) is 4.93. The molecular weight excluding hydrogens is 388 g/mol. The van der Waals surface area contributed by atoms with Gasteiger partial charge in [-0.3, -0.25) is 4.79 Å². The van der Waals surface area contributed by atoms with Crippen molar-refractivity contribution in [2.75, 3.05) is 13.7 Å². The van der Waals surface area contributed by atoms with Crippen LogP contribution in [-0.2, 0) is 11.3 Å². The maximum atomic E-state index is 12.3. The summed E-state index contributed by atoms with van der Waals surface area (Å²) in [6, 6.07) is 11.6. The van der Waals surface area contributed by atoms with Gasteiger partial charge >= 0.3 is 6.61 Å². The second kappa shape index (κ2) is 8.89. The van der Waals surface area contributed by atoms with E-state index >= 15 is 0 Å². The molecule has 0 atom stereocenters. The van der Waals surface area contributed by atoms with E-state index < -0.39 is 6.61 Å². The van der Waals surface area contributed by atoms with E-state index in [9.17, 15) is 13.6 Å². The van der Waals surface area contributed by atoms with E-state index in [0.29, 0.717) is 18.2 Å². The van der Waals surface area contributed by atoms with Crippen LogP contribution in [0.1, 0.15) is 11.1 Å². The zero-order chi connectivity index (χ0) is 20.1. The SMILES string of the molecule is CN(Cc1ccc(OC(F)F)cc1)C(=O)/C=C/C1=Cc2cc(Cl)ccc2OC1. The number of likely N-dealkylation sites (N-methyl/N-ethyl adjacent to an activating group) is 1. The van der Waals surface area contributed by atoms with Crippen LogP contribution in [-0.4, -0.2) is 31.1 Å². The quantitative estimate of drug-likeness (QED) is 0.639. The van der Waals surface area contributed by atoms with Gasteiger partial charge in [-0.2, -0.15) is 8.78 Å². The number of nitrogens with zero attached hydrogens (tertiary/aromatic N) is 1. The summed E-state index contributed by atoms with van der Waals surface area (Å²) in [5.74, 6) is 0.646. The Hall–Kier alpha value is -2.86. The number of hydrogen-bond acceptors (Lipinski definition) is 3. The Morgan fingerprint density at radius 3 is 2.75 bits per heavy atom. The largest absolute Gasteiger partial charge is 0.488 e. The lowest BCUT2D eigenvalue weighted by atomic mass is 10.1. The third kappa shape index (κ3) is 5.33. The molecule has 0 fully saturated rings. The Morgan fingerprint density at radius 1 is 1.29 bits per heavy atom. The Kier molecular flexibility index (Phi) is 6.31. The van der Waals surface area contributed by atoms with Crippen molar-refractivity contribution in [2.45, 2.75) is 13.2 Å². The molecule has 2 aromatic rings. The van der Waals surface area contributed by atoms with Crippen LogP contribution in [0.2, 0.25) is 5.02 Å². The molecule has 0 saturated heterocycles. The Morgan fingerprint density at radius 2 is 2.04 bits per heavy atom. The number of ether oxygens (including phenoxy) is 2. The maximum Gasteiger partial charge on any atom is 0.387 e. The lowest BCUT2D eigenvalue weighted by Gasteiger charge is -2.17. The van der Waals surface area contributed by atoms with E-state index in [-0.39, 0.29) is 11.7 Å². The summed E-state index contributed by atoms with van der Waals surface area (Å²) in [5.41, 5.74) is 2.52. The fraction of sp³-hybridized carbons (Fsp3) is 0.190. The van der Waals surface area contributed by atoms with Gasteiger partial charge in [0.05, 0.1) is 0 Å². The molecule has 1 aliphatic rings. The monoisotopic (exact) mass is 405 g/mol. The molecule has 3 rings (SSSR count). The molecule has 0 aliphatic carbocycles. The molecule has 7 heteroatoms. The van der Waals surface area contributed by atoms with Crippen molar-refractivity contribution in [1.82, 2.24) is 4.90 Å². The molecule has 2 aromatic carbocycles. The maximum absolute atomic E-state index is 12.3. The van der Waals surface area contributed by atoms with Crippen LogP contribution in [0.15, 0.2) is 60.2 Å². The summed E-state index contributed by atoms with van der Waals surface area (Å²) in [5, 5.41) is 0.615. The number of fused-ring (bicyclic) bond motifs is 1. The molecule has 0 unspecified atom stereocenters. The number of hydrogen-bond donors (Lipinski definition) is 0. The van der Waals surface area contributed by atoms with Crippen molar-refractivity contribution in [3.05, 3.63) is 76.3 Å². The first-order valence-corrected chi connectivity index (χ1v) is 8.88. The van der Waals surface area contributed by atoms with Crippen molar-refractivity contribution >= 4 is 23.6 Å². The van der Waals surface area contributed by atoms with Gasteiger partial charge in [-0.25, -0.2) is 0 Å². The number of carbonyl (C=O) groups excluding carboxylic acids is 1. The summed E-state index contributed by atoms with van der Waals surface area (Å²) >= 11 is 6.00. The van der Waals surface area contributed by atoms with Crippen molar-refractivity contribution in [3.63, 3.8) is 0 Å². The van der Waals surface area contributed by atoms with E-state index in [1.165, 1.54) is 23.1 Å². The normalized spacial score (nSPS) is 13.1. The lowest BCUT2D eigenvalue weighted by Crippen LogP contribution is -2.24. The molecule has 1 aliphatic heterocycles. The summed E-state index contributed by atoms with van der Waals surface area (Å²) in [6.45, 7) is -2.15.